The third-order valence-electron chi connectivity index (χ3n) is 6.42. The average molecular weight is 523 g/mol. The van der Waals surface area contributed by atoms with E-state index in [0.717, 1.165) is 36.4 Å². The highest BCUT2D eigenvalue weighted by atomic mass is 32.1. The van der Waals surface area contributed by atoms with Crippen molar-refractivity contribution in [2.75, 3.05) is 12.4 Å². The van der Waals surface area contributed by atoms with Gasteiger partial charge < -0.3 is 25.4 Å². The van der Waals surface area contributed by atoms with Crippen LogP contribution in [0.3, 0.4) is 0 Å². The van der Waals surface area contributed by atoms with Gasteiger partial charge in [-0.1, -0.05) is 44.9 Å². The zero-order valence-corrected chi connectivity index (χ0v) is 22.3. The molecule has 0 aliphatic heterocycles. The highest BCUT2D eigenvalue weighted by Gasteiger charge is 2.28. The van der Waals surface area contributed by atoms with Crippen LogP contribution in [0.4, 0.5) is 10.5 Å². The first-order chi connectivity index (χ1) is 17.9. The maximum Gasteiger partial charge on any atom is 0.319 e. The first-order valence-corrected chi connectivity index (χ1v) is 13.5. The molecule has 0 saturated heterocycles. The van der Waals surface area contributed by atoms with Crippen LogP contribution in [0.15, 0.2) is 53.9 Å². The van der Waals surface area contributed by atoms with Gasteiger partial charge in [0, 0.05) is 23.2 Å². The lowest BCUT2D eigenvalue weighted by Crippen LogP contribution is -2.54. The second kappa shape index (κ2) is 12.6. The van der Waals surface area contributed by atoms with Crippen molar-refractivity contribution in [1.82, 2.24) is 15.6 Å². The summed E-state index contributed by atoms with van der Waals surface area (Å²) in [6.45, 7) is 4.61. The van der Waals surface area contributed by atoms with E-state index >= 15 is 0 Å². The largest absolute Gasteiger partial charge is 0.497 e. The first kappa shape index (κ1) is 26.5. The van der Waals surface area contributed by atoms with Crippen molar-refractivity contribution in [3.05, 3.63) is 70.2 Å². The molecule has 0 bridgehead atoms. The topological polar surface area (TPSA) is 102 Å². The Balaban J connectivity index is 1.29. The number of hydrogen-bond acceptors (Lipinski definition) is 6. The van der Waals surface area contributed by atoms with Crippen LogP contribution in [0, 0.1) is 0 Å². The van der Waals surface area contributed by atoms with Crippen molar-refractivity contribution in [2.24, 2.45) is 0 Å². The van der Waals surface area contributed by atoms with E-state index in [1.807, 2.05) is 24.3 Å². The van der Waals surface area contributed by atoms with Crippen LogP contribution in [-0.4, -0.2) is 36.1 Å². The molecule has 2 aromatic carbocycles. The molecule has 1 aliphatic rings. The summed E-state index contributed by atoms with van der Waals surface area (Å²) in [5.41, 5.74) is 2.26. The molecule has 2 atom stereocenters. The van der Waals surface area contributed by atoms with E-state index in [9.17, 15) is 9.59 Å². The van der Waals surface area contributed by atoms with E-state index in [4.69, 9.17) is 9.47 Å². The summed E-state index contributed by atoms with van der Waals surface area (Å²) in [4.78, 5) is 30.0. The number of thiazole rings is 1. The minimum Gasteiger partial charge on any atom is -0.497 e. The molecule has 3 amide bonds. The number of rotatable bonds is 9. The van der Waals surface area contributed by atoms with Crippen molar-refractivity contribution in [1.29, 1.82) is 0 Å². The van der Waals surface area contributed by atoms with Gasteiger partial charge in [-0.05, 0) is 48.6 Å². The number of nitrogens with zero attached hydrogens (tertiary/aromatic N) is 1. The summed E-state index contributed by atoms with van der Waals surface area (Å²) >= 11 is 1.40. The predicted octanol–water partition coefficient (Wildman–Crippen LogP) is 5.72. The van der Waals surface area contributed by atoms with E-state index in [1.54, 1.807) is 24.6 Å². The third kappa shape index (κ3) is 7.45. The molecule has 0 radical (unpaired) electrons. The van der Waals surface area contributed by atoms with E-state index < -0.39 is 0 Å². The number of ether oxygens (including phenoxy) is 2. The number of amides is 3. The molecule has 2 unspecified atom stereocenters. The zero-order valence-electron chi connectivity index (χ0n) is 21.5. The fraction of sp³-hybridized carbons (Fsp3) is 0.393. The van der Waals surface area contributed by atoms with Crippen molar-refractivity contribution in [2.45, 2.75) is 64.1 Å². The molecule has 8 nitrogen and oxygen atoms in total. The van der Waals surface area contributed by atoms with Crippen LogP contribution >= 0.6 is 11.3 Å². The number of anilines is 1. The molecular formula is C28H34N4O4S. The molecule has 4 rings (SSSR count). The van der Waals surface area contributed by atoms with Crippen molar-refractivity contribution < 1.29 is 19.1 Å². The van der Waals surface area contributed by atoms with Crippen LogP contribution in [0.1, 0.15) is 66.5 Å². The Morgan fingerprint density at radius 3 is 2.46 bits per heavy atom. The van der Waals surface area contributed by atoms with Gasteiger partial charge in [0.15, 0.2) is 0 Å². The molecule has 1 aliphatic carbocycles. The van der Waals surface area contributed by atoms with Crippen LogP contribution in [0.5, 0.6) is 11.5 Å². The van der Waals surface area contributed by atoms with Crippen LogP contribution in [-0.2, 0) is 6.61 Å². The summed E-state index contributed by atoms with van der Waals surface area (Å²) in [6.07, 6.45) is 3.57. The SMILES string of the molecule is COc1cccc(NC(=O)NC2CCCCC2NC(=O)c2csc(COc3ccc(C(C)C)cc3)n2)c1. The lowest BCUT2D eigenvalue weighted by molar-refractivity contribution is 0.0911. The first-order valence-electron chi connectivity index (χ1n) is 12.6. The van der Waals surface area contributed by atoms with Crippen molar-refractivity contribution in [3.8, 4) is 11.5 Å². The number of aromatic nitrogens is 1. The standard InChI is InChI=1S/C28H34N4O4S/c1-18(2)19-11-13-21(14-12-19)36-16-26-30-25(17-37-26)27(33)31-23-9-4-5-10-24(23)32-28(34)29-20-7-6-8-22(15-20)35-3/h6-8,11-15,17-18,23-24H,4-5,9-10,16H2,1-3H3,(H,31,33)(H2,29,32,34). The second-order valence-electron chi connectivity index (χ2n) is 9.44. The summed E-state index contributed by atoms with van der Waals surface area (Å²) < 4.78 is 11.1. The smallest absolute Gasteiger partial charge is 0.319 e. The molecular weight excluding hydrogens is 488 g/mol. The number of nitrogens with one attached hydrogen (secondary N) is 3. The predicted molar refractivity (Wildman–Crippen MR) is 146 cm³/mol. The Hall–Kier alpha value is -3.59. The molecule has 1 saturated carbocycles. The number of urea groups is 1. The fourth-order valence-corrected chi connectivity index (χ4v) is 5.02. The molecule has 196 valence electrons. The van der Waals surface area contributed by atoms with Gasteiger partial charge in [-0.15, -0.1) is 11.3 Å². The third-order valence-corrected chi connectivity index (χ3v) is 7.24. The minimum absolute atomic E-state index is 0.168. The van der Waals surface area contributed by atoms with Crippen LogP contribution in [0.25, 0.3) is 0 Å². The van der Waals surface area contributed by atoms with Crippen molar-refractivity contribution in [3.63, 3.8) is 0 Å². The number of carbonyl (C=O) groups excluding carboxylic acids is 2. The van der Waals surface area contributed by atoms with Gasteiger partial charge in [0.1, 0.15) is 28.8 Å². The fourth-order valence-electron chi connectivity index (χ4n) is 4.33. The summed E-state index contributed by atoms with van der Waals surface area (Å²) in [7, 11) is 1.58. The molecule has 1 aromatic heterocycles. The van der Waals surface area contributed by atoms with Gasteiger partial charge in [-0.3, -0.25) is 4.79 Å². The normalized spacial score (nSPS) is 17.2. The quantitative estimate of drug-likeness (QED) is 0.334. The monoisotopic (exact) mass is 522 g/mol. The van der Waals surface area contributed by atoms with Gasteiger partial charge in [0.05, 0.1) is 13.2 Å². The molecule has 3 aromatic rings. The summed E-state index contributed by atoms with van der Waals surface area (Å²) in [5, 5.41) is 11.4. The lowest BCUT2D eigenvalue weighted by Gasteiger charge is -2.32. The van der Waals surface area contributed by atoms with Crippen LogP contribution in [0.2, 0.25) is 0 Å². The van der Waals surface area contributed by atoms with Gasteiger partial charge in [-0.2, -0.15) is 0 Å². The van der Waals surface area contributed by atoms with E-state index in [0.29, 0.717) is 29.7 Å². The Kier molecular flexibility index (Phi) is 9.00. The number of methoxy groups -OCH3 is 1. The highest BCUT2D eigenvalue weighted by molar-refractivity contribution is 7.09. The molecule has 37 heavy (non-hydrogen) atoms. The number of benzene rings is 2. The Labute approximate surface area is 221 Å². The number of carbonyl (C=O) groups is 2. The highest BCUT2D eigenvalue weighted by Crippen LogP contribution is 2.22. The van der Waals surface area contributed by atoms with Gasteiger partial charge in [-0.25, -0.2) is 9.78 Å². The zero-order chi connectivity index (χ0) is 26.2. The van der Waals surface area contributed by atoms with E-state index in [-0.39, 0.29) is 24.0 Å². The van der Waals surface area contributed by atoms with Gasteiger partial charge in [0.2, 0.25) is 0 Å². The summed E-state index contributed by atoms with van der Waals surface area (Å²) in [6, 6.07) is 14.6. The maximum atomic E-state index is 12.9. The second-order valence-corrected chi connectivity index (χ2v) is 10.4. The molecule has 9 heteroatoms. The Morgan fingerprint density at radius 2 is 1.76 bits per heavy atom. The van der Waals surface area contributed by atoms with Crippen molar-refractivity contribution >= 4 is 29.0 Å². The van der Waals surface area contributed by atoms with E-state index in [2.05, 4.69) is 46.9 Å². The lowest BCUT2D eigenvalue weighted by atomic mass is 9.90. The number of hydrogen-bond donors (Lipinski definition) is 3. The van der Waals surface area contributed by atoms with Gasteiger partial charge >= 0.3 is 6.03 Å². The maximum absolute atomic E-state index is 12.9. The Morgan fingerprint density at radius 1 is 1.03 bits per heavy atom. The molecule has 1 heterocycles. The van der Waals surface area contributed by atoms with Gasteiger partial charge in [0.25, 0.3) is 5.91 Å². The summed E-state index contributed by atoms with van der Waals surface area (Å²) in [5.74, 6) is 1.66. The van der Waals surface area contributed by atoms with Crippen LogP contribution < -0.4 is 25.4 Å². The molecule has 1 fully saturated rings. The minimum atomic E-state index is -0.311. The average Bonchev–Trinajstić information content (AvgIpc) is 3.38. The molecule has 0 spiro atoms. The molecule has 3 N–H and O–H groups in total. The Bertz CT molecular complexity index is 1190. The van der Waals surface area contributed by atoms with E-state index in [1.165, 1.54) is 16.9 Å².